The maximum atomic E-state index is 13.1. The van der Waals surface area contributed by atoms with Crippen LogP contribution in [0.2, 0.25) is 0 Å². The minimum Gasteiger partial charge on any atom is -0.505 e. The molecule has 1 aliphatic heterocycles. The fourth-order valence-electron chi connectivity index (χ4n) is 3.72. The molecular formula is C21H20N2O3. The summed E-state index contributed by atoms with van der Waals surface area (Å²) in [5.74, 6) is 0.849. The normalized spacial score (nSPS) is 16.8. The molecule has 1 atom stereocenters. The van der Waals surface area contributed by atoms with E-state index in [1.54, 1.807) is 12.0 Å². The van der Waals surface area contributed by atoms with E-state index >= 15 is 0 Å². The summed E-state index contributed by atoms with van der Waals surface area (Å²) < 4.78 is 5.46. The van der Waals surface area contributed by atoms with Gasteiger partial charge in [0.1, 0.15) is 11.5 Å². The van der Waals surface area contributed by atoms with Crippen LogP contribution in [0.25, 0.3) is 10.9 Å². The Balaban J connectivity index is 1.64. The molecular weight excluding hydrogens is 328 g/mol. The van der Waals surface area contributed by atoms with Crippen LogP contribution in [0.5, 0.6) is 11.5 Å². The average molecular weight is 348 g/mol. The molecule has 0 saturated carbocycles. The Hall–Kier alpha value is -3.08. The molecule has 1 N–H and O–H groups in total. The largest absolute Gasteiger partial charge is 0.505 e. The van der Waals surface area contributed by atoms with Crippen molar-refractivity contribution in [2.75, 3.05) is 20.2 Å². The van der Waals surface area contributed by atoms with Gasteiger partial charge in [0.05, 0.1) is 24.4 Å². The number of likely N-dealkylation sites (tertiary alicyclic amines) is 1. The zero-order valence-electron chi connectivity index (χ0n) is 14.6. The fourth-order valence-corrected chi connectivity index (χ4v) is 3.72. The molecule has 5 heteroatoms. The van der Waals surface area contributed by atoms with E-state index in [0.29, 0.717) is 29.6 Å². The number of aromatic hydroxyl groups is 1. The molecule has 0 aliphatic carbocycles. The predicted molar refractivity (Wildman–Crippen MR) is 99.7 cm³/mol. The summed E-state index contributed by atoms with van der Waals surface area (Å²) in [6.45, 7) is 1.26. The molecule has 4 rings (SSSR count). The second kappa shape index (κ2) is 6.67. The number of nitrogens with zero attached hydrogens (tertiary/aromatic N) is 2. The number of para-hydroxylation sites is 2. The van der Waals surface area contributed by atoms with Crippen LogP contribution in [0.1, 0.15) is 28.3 Å². The summed E-state index contributed by atoms with van der Waals surface area (Å²) in [5, 5.41) is 11.0. The molecule has 1 saturated heterocycles. The van der Waals surface area contributed by atoms with Gasteiger partial charge < -0.3 is 14.7 Å². The first-order valence-corrected chi connectivity index (χ1v) is 8.68. The van der Waals surface area contributed by atoms with Crippen LogP contribution in [0.3, 0.4) is 0 Å². The average Bonchev–Trinajstić information content (AvgIpc) is 3.17. The predicted octanol–water partition coefficient (Wildman–Crippen LogP) is 3.58. The van der Waals surface area contributed by atoms with Crippen molar-refractivity contribution in [2.45, 2.75) is 12.3 Å². The third-order valence-corrected chi connectivity index (χ3v) is 5.02. The molecule has 1 aromatic heterocycles. The molecule has 0 spiro atoms. The molecule has 1 amide bonds. The third kappa shape index (κ3) is 2.75. The second-order valence-corrected chi connectivity index (χ2v) is 6.51. The van der Waals surface area contributed by atoms with Crippen molar-refractivity contribution in [3.8, 4) is 11.5 Å². The van der Waals surface area contributed by atoms with Gasteiger partial charge in [0.25, 0.3) is 5.91 Å². The maximum absolute atomic E-state index is 13.1. The van der Waals surface area contributed by atoms with Crippen LogP contribution in [0, 0.1) is 0 Å². The highest BCUT2D eigenvalue weighted by Crippen LogP contribution is 2.35. The van der Waals surface area contributed by atoms with Gasteiger partial charge in [-0.1, -0.05) is 36.4 Å². The van der Waals surface area contributed by atoms with Gasteiger partial charge in [-0.2, -0.15) is 0 Å². The number of fused-ring (bicyclic) bond motifs is 1. The van der Waals surface area contributed by atoms with Crippen molar-refractivity contribution in [3.05, 3.63) is 65.9 Å². The summed E-state index contributed by atoms with van der Waals surface area (Å²) in [6.07, 6.45) is 2.22. The van der Waals surface area contributed by atoms with Gasteiger partial charge in [-0.25, -0.2) is 0 Å². The molecule has 0 bridgehead atoms. The Labute approximate surface area is 151 Å². The molecule has 26 heavy (non-hydrogen) atoms. The number of carbonyl (C=O) groups excluding carboxylic acids is 1. The SMILES string of the molecule is COc1ccccc1[C@@H]1CCN(C(=O)c2c(O)cnc3ccccc23)C1. The number of ether oxygens (including phenoxy) is 1. The van der Waals surface area contributed by atoms with E-state index in [0.717, 1.165) is 17.7 Å². The minimum atomic E-state index is -0.154. The van der Waals surface area contributed by atoms with Gasteiger partial charge in [0.2, 0.25) is 0 Å². The van der Waals surface area contributed by atoms with Crippen molar-refractivity contribution < 1.29 is 14.6 Å². The van der Waals surface area contributed by atoms with Gasteiger partial charge in [0, 0.05) is 24.4 Å². The Morgan fingerprint density at radius 3 is 2.81 bits per heavy atom. The van der Waals surface area contributed by atoms with E-state index in [1.807, 2.05) is 42.5 Å². The lowest BCUT2D eigenvalue weighted by Crippen LogP contribution is -2.28. The van der Waals surface area contributed by atoms with Crippen molar-refractivity contribution in [1.82, 2.24) is 9.88 Å². The number of pyridine rings is 1. The molecule has 1 aliphatic rings. The molecule has 3 aromatic rings. The van der Waals surface area contributed by atoms with Crippen molar-refractivity contribution in [2.24, 2.45) is 0 Å². The Kier molecular flexibility index (Phi) is 4.21. The lowest BCUT2D eigenvalue weighted by molar-refractivity contribution is 0.0789. The highest BCUT2D eigenvalue weighted by Gasteiger charge is 2.31. The first kappa shape index (κ1) is 16.4. The van der Waals surface area contributed by atoms with E-state index in [4.69, 9.17) is 4.74 Å². The summed E-state index contributed by atoms with van der Waals surface area (Å²) in [7, 11) is 1.66. The number of benzene rings is 2. The number of carbonyl (C=O) groups is 1. The summed E-state index contributed by atoms with van der Waals surface area (Å²) >= 11 is 0. The second-order valence-electron chi connectivity index (χ2n) is 6.51. The van der Waals surface area contributed by atoms with Crippen LogP contribution in [-0.4, -0.2) is 41.1 Å². The summed E-state index contributed by atoms with van der Waals surface area (Å²) in [4.78, 5) is 19.1. The summed E-state index contributed by atoms with van der Waals surface area (Å²) in [6, 6.07) is 15.3. The fraction of sp³-hybridized carbons (Fsp3) is 0.238. The molecule has 2 heterocycles. The third-order valence-electron chi connectivity index (χ3n) is 5.02. The van der Waals surface area contributed by atoms with E-state index in [2.05, 4.69) is 11.1 Å². The molecule has 0 radical (unpaired) electrons. The van der Waals surface area contributed by atoms with Crippen molar-refractivity contribution in [1.29, 1.82) is 0 Å². The smallest absolute Gasteiger partial charge is 0.258 e. The number of hydrogen-bond acceptors (Lipinski definition) is 4. The molecule has 1 fully saturated rings. The zero-order chi connectivity index (χ0) is 18.1. The van der Waals surface area contributed by atoms with Crippen LogP contribution in [-0.2, 0) is 0 Å². The lowest BCUT2D eigenvalue weighted by atomic mass is 9.97. The number of hydrogen-bond donors (Lipinski definition) is 1. The molecule has 0 unspecified atom stereocenters. The van der Waals surface area contributed by atoms with Crippen LogP contribution < -0.4 is 4.74 Å². The van der Waals surface area contributed by atoms with Gasteiger partial charge >= 0.3 is 0 Å². The maximum Gasteiger partial charge on any atom is 0.258 e. The highest BCUT2D eigenvalue weighted by atomic mass is 16.5. The zero-order valence-corrected chi connectivity index (χ0v) is 14.6. The quantitative estimate of drug-likeness (QED) is 0.786. The van der Waals surface area contributed by atoms with Crippen LogP contribution in [0.4, 0.5) is 0 Å². The van der Waals surface area contributed by atoms with Gasteiger partial charge in [-0.05, 0) is 24.1 Å². The van der Waals surface area contributed by atoms with Gasteiger partial charge in [-0.3, -0.25) is 9.78 Å². The topological polar surface area (TPSA) is 62.7 Å². The van der Waals surface area contributed by atoms with Crippen molar-refractivity contribution >= 4 is 16.8 Å². The molecule has 132 valence electrons. The number of aromatic nitrogens is 1. The molecule has 2 aromatic carbocycles. The monoisotopic (exact) mass is 348 g/mol. The molecule has 5 nitrogen and oxygen atoms in total. The Morgan fingerprint density at radius 1 is 1.19 bits per heavy atom. The number of amides is 1. The van der Waals surface area contributed by atoms with Gasteiger partial charge in [0.15, 0.2) is 0 Å². The van der Waals surface area contributed by atoms with Crippen LogP contribution >= 0.6 is 0 Å². The number of methoxy groups -OCH3 is 1. The lowest BCUT2D eigenvalue weighted by Gasteiger charge is -2.19. The van der Waals surface area contributed by atoms with E-state index in [-0.39, 0.29) is 17.6 Å². The minimum absolute atomic E-state index is 0.0746. The Morgan fingerprint density at radius 2 is 1.96 bits per heavy atom. The number of rotatable bonds is 3. The van der Waals surface area contributed by atoms with Crippen LogP contribution in [0.15, 0.2) is 54.7 Å². The first-order valence-electron chi connectivity index (χ1n) is 8.68. The Bertz CT molecular complexity index is 970. The van der Waals surface area contributed by atoms with E-state index in [9.17, 15) is 9.90 Å². The van der Waals surface area contributed by atoms with Crippen molar-refractivity contribution in [3.63, 3.8) is 0 Å². The van der Waals surface area contributed by atoms with E-state index < -0.39 is 0 Å². The first-order chi connectivity index (χ1) is 12.7. The van der Waals surface area contributed by atoms with Gasteiger partial charge in [-0.15, -0.1) is 0 Å². The van der Waals surface area contributed by atoms with E-state index in [1.165, 1.54) is 6.20 Å². The standard InChI is InChI=1S/C21H20N2O3/c1-26-19-9-5-3-6-15(19)14-10-11-23(13-14)21(25)20-16-7-2-4-8-17(16)22-12-18(20)24/h2-9,12,14,24H,10-11,13H2,1H3/t14-/m1/s1. The highest BCUT2D eigenvalue weighted by molar-refractivity contribution is 6.08. The summed E-state index contributed by atoms with van der Waals surface area (Å²) in [5.41, 5.74) is 2.15.